The molecule has 1 unspecified atom stereocenters. The maximum atomic E-state index is 12.6. The second-order valence-corrected chi connectivity index (χ2v) is 10.9. The van der Waals surface area contributed by atoms with Crippen LogP contribution in [0.1, 0.15) is 22.1 Å². The monoisotopic (exact) mass is 683 g/mol. The summed E-state index contributed by atoms with van der Waals surface area (Å²) in [5.74, 6) is 4.08. The summed E-state index contributed by atoms with van der Waals surface area (Å²) < 4.78 is 51.1. The van der Waals surface area contributed by atoms with Crippen LogP contribution in [0.4, 0.5) is 5.69 Å². The van der Waals surface area contributed by atoms with E-state index in [-0.39, 0.29) is 19.1 Å². The minimum atomic E-state index is -0.426. The molecule has 1 aliphatic rings. The molecule has 0 fully saturated rings. The van der Waals surface area contributed by atoms with E-state index in [0.717, 1.165) is 11.3 Å². The van der Waals surface area contributed by atoms with Crippen molar-refractivity contribution >= 4 is 11.6 Å². The minimum absolute atomic E-state index is 0.152. The first-order chi connectivity index (χ1) is 24.4. The van der Waals surface area contributed by atoms with Gasteiger partial charge in [-0.15, -0.1) is 0 Å². The molecular formula is C37H37N3O10. The van der Waals surface area contributed by atoms with Gasteiger partial charge in [0.05, 0.1) is 48.2 Å². The molecule has 2 heterocycles. The summed E-state index contributed by atoms with van der Waals surface area (Å²) in [6.07, 6.45) is -0.426. The Kier molecular flexibility index (Phi) is 10.0. The Labute approximate surface area is 288 Å². The van der Waals surface area contributed by atoms with Gasteiger partial charge in [-0.05, 0) is 54.1 Å². The van der Waals surface area contributed by atoms with E-state index in [9.17, 15) is 4.79 Å². The molecule has 0 radical (unpaired) electrons. The Morgan fingerprint density at radius 1 is 0.620 bits per heavy atom. The highest BCUT2D eigenvalue weighted by Gasteiger charge is 2.25. The lowest BCUT2D eigenvalue weighted by atomic mass is 10.1. The van der Waals surface area contributed by atoms with E-state index in [2.05, 4.69) is 15.8 Å². The molecule has 13 nitrogen and oxygen atoms in total. The number of nitrogens with zero attached hydrogens (tertiary/aromatic N) is 1. The molecule has 2 N–H and O–H groups in total. The molecule has 6 rings (SSSR count). The SMILES string of the molecule is COc1cc(C2NC(=O)c3ccccc3N2)ccc1OCCOc1c(OC)cc(-c2cc(-c3cc(OC)c(OC)c(OC)c3)on2)cc1OC. The first kappa shape index (κ1) is 33.7. The molecule has 5 aromatic rings. The highest BCUT2D eigenvalue weighted by atomic mass is 16.6. The van der Waals surface area contributed by atoms with Crippen LogP contribution in [0, 0.1) is 0 Å². The van der Waals surface area contributed by atoms with Crippen LogP contribution in [0.15, 0.2) is 77.3 Å². The molecule has 13 heteroatoms. The van der Waals surface area contributed by atoms with Crippen LogP contribution in [-0.4, -0.2) is 66.9 Å². The number of carbonyl (C=O) groups excluding carboxylic acids is 1. The lowest BCUT2D eigenvalue weighted by Crippen LogP contribution is -2.38. The van der Waals surface area contributed by atoms with Gasteiger partial charge in [-0.2, -0.15) is 0 Å². The van der Waals surface area contributed by atoms with Crippen molar-refractivity contribution in [1.82, 2.24) is 10.5 Å². The Morgan fingerprint density at radius 3 is 1.90 bits per heavy atom. The van der Waals surface area contributed by atoms with E-state index >= 15 is 0 Å². The fraction of sp³-hybridized carbons (Fsp3) is 0.243. The van der Waals surface area contributed by atoms with Crippen LogP contribution in [0.2, 0.25) is 0 Å². The summed E-state index contributed by atoms with van der Waals surface area (Å²) in [5.41, 5.74) is 4.08. The third-order valence-electron chi connectivity index (χ3n) is 8.07. The highest BCUT2D eigenvalue weighted by Crippen LogP contribution is 2.44. The summed E-state index contributed by atoms with van der Waals surface area (Å²) in [7, 11) is 9.29. The van der Waals surface area contributed by atoms with Crippen LogP contribution in [0.5, 0.6) is 46.0 Å². The molecule has 1 atom stereocenters. The maximum Gasteiger partial charge on any atom is 0.255 e. The first-order valence-corrected chi connectivity index (χ1v) is 15.5. The summed E-state index contributed by atoms with van der Waals surface area (Å²) in [4.78, 5) is 12.6. The van der Waals surface area contributed by atoms with Crippen molar-refractivity contribution in [3.63, 3.8) is 0 Å². The molecule has 1 aromatic heterocycles. The number of hydrogen-bond acceptors (Lipinski definition) is 12. The Bertz CT molecular complexity index is 1940. The summed E-state index contributed by atoms with van der Waals surface area (Å²) in [6.45, 7) is 0.361. The van der Waals surface area contributed by atoms with Gasteiger partial charge in [-0.1, -0.05) is 23.4 Å². The number of para-hydroxylation sites is 1. The van der Waals surface area contributed by atoms with Crippen molar-refractivity contribution in [2.75, 3.05) is 61.2 Å². The zero-order valence-electron chi connectivity index (χ0n) is 28.4. The van der Waals surface area contributed by atoms with Crippen molar-refractivity contribution in [3.05, 3.63) is 83.9 Å². The van der Waals surface area contributed by atoms with Crippen LogP contribution >= 0.6 is 0 Å². The summed E-state index contributed by atoms with van der Waals surface area (Å²) >= 11 is 0. The maximum absolute atomic E-state index is 12.6. The quantitative estimate of drug-likeness (QED) is 0.126. The normalized spacial score (nSPS) is 13.3. The topological polar surface area (TPSA) is 141 Å². The molecule has 0 saturated carbocycles. The van der Waals surface area contributed by atoms with Gasteiger partial charge < -0.3 is 53.1 Å². The van der Waals surface area contributed by atoms with Gasteiger partial charge in [0.1, 0.15) is 25.1 Å². The largest absolute Gasteiger partial charge is 0.493 e. The fourth-order valence-electron chi connectivity index (χ4n) is 5.59. The summed E-state index contributed by atoms with van der Waals surface area (Å²) in [6, 6.07) is 21.8. The van der Waals surface area contributed by atoms with Crippen molar-refractivity contribution in [3.8, 4) is 68.6 Å². The lowest BCUT2D eigenvalue weighted by Gasteiger charge is -2.28. The van der Waals surface area contributed by atoms with Gasteiger partial charge in [0.2, 0.25) is 11.5 Å². The number of rotatable bonds is 14. The molecule has 50 heavy (non-hydrogen) atoms. The zero-order chi connectivity index (χ0) is 35.2. The number of benzene rings is 4. The number of carbonyl (C=O) groups is 1. The van der Waals surface area contributed by atoms with E-state index in [1.807, 2.05) is 30.3 Å². The Balaban J connectivity index is 1.14. The van der Waals surface area contributed by atoms with E-state index in [1.165, 1.54) is 0 Å². The van der Waals surface area contributed by atoms with Crippen molar-refractivity contribution in [2.45, 2.75) is 6.17 Å². The molecule has 0 saturated heterocycles. The minimum Gasteiger partial charge on any atom is -0.493 e. The second-order valence-electron chi connectivity index (χ2n) is 10.9. The number of methoxy groups -OCH3 is 6. The summed E-state index contributed by atoms with van der Waals surface area (Å²) in [5, 5.41) is 10.6. The number of hydrogen-bond donors (Lipinski definition) is 2. The first-order valence-electron chi connectivity index (χ1n) is 15.5. The smallest absolute Gasteiger partial charge is 0.255 e. The Morgan fingerprint density at radius 2 is 1.24 bits per heavy atom. The van der Waals surface area contributed by atoms with Gasteiger partial charge >= 0.3 is 0 Å². The van der Waals surface area contributed by atoms with Crippen LogP contribution in [0.3, 0.4) is 0 Å². The number of amides is 1. The lowest BCUT2D eigenvalue weighted by molar-refractivity contribution is 0.0935. The average molecular weight is 684 g/mol. The van der Waals surface area contributed by atoms with E-state index < -0.39 is 6.17 Å². The van der Waals surface area contributed by atoms with E-state index in [1.54, 1.807) is 85.1 Å². The highest BCUT2D eigenvalue weighted by molar-refractivity contribution is 6.01. The van der Waals surface area contributed by atoms with Crippen LogP contribution in [-0.2, 0) is 0 Å². The van der Waals surface area contributed by atoms with Crippen molar-refractivity contribution in [1.29, 1.82) is 0 Å². The van der Waals surface area contributed by atoms with E-state index in [0.29, 0.717) is 74.1 Å². The second kappa shape index (κ2) is 14.9. The molecule has 1 amide bonds. The predicted molar refractivity (Wildman–Crippen MR) is 184 cm³/mol. The molecule has 0 aliphatic carbocycles. The standard InChI is InChI=1S/C37H37N3O10/c1-42-29-15-21(36-38-25-10-8-7-9-24(25)37(41)39-36)11-12-27(29)48-13-14-49-35-32(45-4)16-22(17-33(35)46-5)26-20-28(50-40-26)23-18-30(43-2)34(47-6)31(19-23)44-3/h7-12,15-20,36,38H,13-14H2,1-6H3,(H,39,41). The van der Waals surface area contributed by atoms with Gasteiger partial charge in [-0.3, -0.25) is 4.79 Å². The van der Waals surface area contributed by atoms with Crippen LogP contribution < -0.4 is 48.5 Å². The van der Waals surface area contributed by atoms with Crippen LogP contribution in [0.25, 0.3) is 22.6 Å². The van der Waals surface area contributed by atoms with Gasteiger partial charge in [0.15, 0.2) is 40.3 Å². The fourth-order valence-corrected chi connectivity index (χ4v) is 5.59. The van der Waals surface area contributed by atoms with Crippen molar-refractivity contribution in [2.24, 2.45) is 0 Å². The van der Waals surface area contributed by atoms with E-state index in [4.69, 9.17) is 42.4 Å². The number of aromatic nitrogens is 1. The number of anilines is 1. The zero-order valence-corrected chi connectivity index (χ0v) is 28.4. The van der Waals surface area contributed by atoms with Crippen molar-refractivity contribution < 1.29 is 47.2 Å². The Hall–Kier alpha value is -6.24. The molecular weight excluding hydrogens is 646 g/mol. The third kappa shape index (κ3) is 6.70. The third-order valence-corrected chi connectivity index (χ3v) is 8.07. The van der Waals surface area contributed by atoms with Gasteiger partial charge in [0, 0.05) is 22.9 Å². The average Bonchev–Trinajstić information content (AvgIpc) is 3.66. The van der Waals surface area contributed by atoms with Gasteiger partial charge in [0.25, 0.3) is 5.91 Å². The molecule has 0 bridgehead atoms. The number of ether oxygens (including phenoxy) is 8. The predicted octanol–water partition coefficient (Wildman–Crippen LogP) is 6.37. The number of fused-ring (bicyclic) bond motifs is 1. The van der Waals surface area contributed by atoms with Gasteiger partial charge in [-0.25, -0.2) is 0 Å². The molecule has 0 spiro atoms. The number of nitrogens with one attached hydrogen (secondary N) is 2. The molecule has 1 aliphatic heterocycles. The molecule has 260 valence electrons. The molecule has 4 aromatic carbocycles.